The minimum atomic E-state index is -5.08. The van der Waals surface area contributed by atoms with Crippen molar-refractivity contribution in [3.8, 4) is 0 Å². The second-order valence-corrected chi connectivity index (χ2v) is 17.8. The highest BCUT2D eigenvalue weighted by molar-refractivity contribution is 7.12. The summed E-state index contributed by atoms with van der Waals surface area (Å²) in [4.78, 5) is 41.8. The molecule has 3 aromatic rings. The highest BCUT2D eigenvalue weighted by atomic mass is 32.1. The van der Waals surface area contributed by atoms with Gasteiger partial charge < -0.3 is 15.7 Å². The van der Waals surface area contributed by atoms with Crippen molar-refractivity contribution in [2.45, 2.75) is 132 Å². The van der Waals surface area contributed by atoms with Crippen molar-refractivity contribution in [1.82, 2.24) is 20.4 Å². The van der Waals surface area contributed by atoms with Crippen LogP contribution in [0.4, 0.5) is 13.2 Å². The Bertz CT molecular complexity index is 1700. The monoisotopic (exact) mass is 790 g/mol. The zero-order valence-corrected chi connectivity index (χ0v) is 32.6. The minimum absolute atomic E-state index is 0.0725. The number of nitrogens with one attached hydrogen (secondary N) is 2. The average Bonchev–Trinajstić information content (AvgIpc) is 4.04. The lowest BCUT2D eigenvalue weighted by atomic mass is 9.83. The number of hydrogen-bond acceptors (Lipinski definition) is 6. The molecule has 2 aliphatic carbocycles. The smallest absolute Gasteiger partial charge is 0.475 e. The summed E-state index contributed by atoms with van der Waals surface area (Å²) in [5, 5.41) is 15.6. The summed E-state index contributed by atoms with van der Waals surface area (Å²) in [7, 11) is 0. The lowest BCUT2D eigenvalue weighted by Crippen LogP contribution is -2.40. The molecular formula is C44H53F3N4O4S. The highest BCUT2D eigenvalue weighted by Gasteiger charge is 2.44. The van der Waals surface area contributed by atoms with Gasteiger partial charge in [-0.2, -0.15) is 13.2 Å². The van der Waals surface area contributed by atoms with Crippen molar-refractivity contribution in [1.29, 1.82) is 0 Å². The van der Waals surface area contributed by atoms with Crippen LogP contribution in [0.2, 0.25) is 0 Å². The van der Waals surface area contributed by atoms with E-state index >= 15 is 0 Å². The predicted molar refractivity (Wildman–Crippen MR) is 209 cm³/mol. The molecule has 8 nitrogen and oxygen atoms in total. The molecule has 300 valence electrons. The zero-order chi connectivity index (χ0) is 39.0. The minimum Gasteiger partial charge on any atom is -0.475 e. The first-order valence-corrected chi connectivity index (χ1v) is 21.6. The predicted octanol–water partition coefficient (Wildman–Crippen LogP) is 9.52. The van der Waals surface area contributed by atoms with Crippen molar-refractivity contribution in [3.63, 3.8) is 0 Å². The van der Waals surface area contributed by atoms with Crippen LogP contribution in [0.1, 0.15) is 156 Å². The third-order valence-corrected chi connectivity index (χ3v) is 14.7. The first-order valence-electron chi connectivity index (χ1n) is 20.7. The number of nitrogens with zero attached hydrogens (tertiary/aromatic N) is 2. The Balaban J connectivity index is 0.000000579. The molecule has 5 heterocycles. The van der Waals surface area contributed by atoms with E-state index in [-0.39, 0.29) is 23.9 Å². The lowest BCUT2D eigenvalue weighted by molar-refractivity contribution is -0.192. The van der Waals surface area contributed by atoms with E-state index in [2.05, 4.69) is 69.0 Å². The second-order valence-electron chi connectivity index (χ2n) is 16.9. The molecule has 1 aromatic heterocycles. The topological polar surface area (TPSA) is 102 Å². The lowest BCUT2D eigenvalue weighted by Gasteiger charge is -2.31. The van der Waals surface area contributed by atoms with Crippen LogP contribution in [-0.2, 0) is 4.79 Å². The number of thiophene rings is 1. The fourth-order valence-electron chi connectivity index (χ4n) is 11.0. The number of carboxylic acid groups (broad SMARTS) is 1. The van der Waals surface area contributed by atoms with Gasteiger partial charge in [0.2, 0.25) is 0 Å². The van der Waals surface area contributed by atoms with Crippen LogP contribution in [0.3, 0.4) is 0 Å². The number of rotatable bonds is 10. The molecule has 3 N–H and O–H groups in total. The van der Waals surface area contributed by atoms with Crippen molar-refractivity contribution in [2.24, 2.45) is 11.8 Å². The van der Waals surface area contributed by atoms with E-state index in [0.29, 0.717) is 34.6 Å². The normalized spacial score (nSPS) is 29.3. The van der Waals surface area contributed by atoms with Gasteiger partial charge in [0.1, 0.15) is 4.88 Å². The molecule has 6 aliphatic rings. The third-order valence-electron chi connectivity index (χ3n) is 13.8. The van der Waals surface area contributed by atoms with Crippen LogP contribution < -0.4 is 10.6 Å². The number of alkyl halides is 3. The van der Waals surface area contributed by atoms with Crippen molar-refractivity contribution in [2.75, 3.05) is 13.1 Å². The van der Waals surface area contributed by atoms with Crippen LogP contribution >= 0.6 is 11.3 Å². The Morgan fingerprint density at radius 2 is 0.982 bits per heavy atom. The van der Waals surface area contributed by atoms with Gasteiger partial charge in [-0.05, 0) is 149 Å². The fraction of sp³-hybridized carbons (Fsp3) is 0.568. The molecule has 4 bridgehead atoms. The van der Waals surface area contributed by atoms with Gasteiger partial charge >= 0.3 is 12.1 Å². The number of fused-ring (bicyclic) bond motifs is 10. The molecule has 12 heteroatoms. The number of hydrogen-bond donors (Lipinski definition) is 3. The maximum absolute atomic E-state index is 13.4. The molecule has 2 aromatic carbocycles. The summed E-state index contributed by atoms with van der Waals surface area (Å²) in [5.74, 6) is -1.43. The van der Waals surface area contributed by atoms with Crippen molar-refractivity contribution >= 4 is 29.1 Å². The van der Waals surface area contributed by atoms with Gasteiger partial charge in [0.15, 0.2) is 0 Å². The summed E-state index contributed by atoms with van der Waals surface area (Å²) in [6, 6.07) is 22.9. The van der Waals surface area contributed by atoms with Gasteiger partial charge in [0.05, 0.1) is 5.56 Å². The van der Waals surface area contributed by atoms with Crippen LogP contribution in [0.25, 0.3) is 0 Å². The van der Waals surface area contributed by atoms with E-state index < -0.39 is 12.1 Å². The quantitative estimate of drug-likeness (QED) is 0.189. The highest BCUT2D eigenvalue weighted by Crippen LogP contribution is 2.54. The van der Waals surface area contributed by atoms with E-state index in [0.717, 1.165) is 37.5 Å². The van der Waals surface area contributed by atoms with Gasteiger partial charge in [0, 0.05) is 36.3 Å². The molecule has 4 aliphatic heterocycles. The van der Waals surface area contributed by atoms with Crippen LogP contribution in [-0.4, -0.2) is 64.0 Å². The summed E-state index contributed by atoms with van der Waals surface area (Å²) in [6.07, 6.45) is 11.5. The Morgan fingerprint density at radius 1 is 0.607 bits per heavy atom. The van der Waals surface area contributed by atoms with Crippen molar-refractivity contribution < 1.29 is 32.7 Å². The molecule has 4 atom stereocenters. The maximum atomic E-state index is 13.4. The molecule has 0 unspecified atom stereocenters. The first-order chi connectivity index (χ1) is 27.0. The zero-order valence-electron chi connectivity index (χ0n) is 31.8. The Morgan fingerprint density at radius 3 is 1.36 bits per heavy atom. The molecule has 4 fully saturated rings. The third kappa shape index (κ3) is 8.16. The molecule has 2 saturated carbocycles. The van der Waals surface area contributed by atoms with Gasteiger partial charge in [0.25, 0.3) is 11.8 Å². The molecule has 0 radical (unpaired) electrons. The largest absolute Gasteiger partial charge is 0.490 e. The fourth-order valence-corrected chi connectivity index (χ4v) is 11.8. The van der Waals surface area contributed by atoms with Gasteiger partial charge in [-0.3, -0.25) is 19.4 Å². The van der Waals surface area contributed by atoms with Crippen LogP contribution in [0.5, 0.6) is 0 Å². The number of carbonyl (C=O) groups is 3. The SMILES string of the molecule is O=C(NC1CCC(CCN2[C@@H]3CC[C@H]2c2ccccc23)CC1)c1ccsc1C(=O)NC1CCC(CCN2[C@@H]3CC[C@H]2c2ccccc23)CC1.O=C(O)C(F)(F)F. The number of carboxylic acids is 1. The first kappa shape index (κ1) is 39.1. The summed E-state index contributed by atoms with van der Waals surface area (Å²) < 4.78 is 31.7. The van der Waals surface area contributed by atoms with E-state index in [1.54, 1.807) is 22.3 Å². The second kappa shape index (κ2) is 16.6. The molecule has 56 heavy (non-hydrogen) atoms. The summed E-state index contributed by atoms with van der Waals surface area (Å²) in [6.45, 7) is 2.38. The molecule has 0 spiro atoms. The average molecular weight is 791 g/mol. The number of carbonyl (C=O) groups excluding carboxylic acids is 2. The van der Waals surface area contributed by atoms with Crippen molar-refractivity contribution in [3.05, 3.63) is 92.7 Å². The Hall–Kier alpha value is -3.74. The Labute approximate surface area is 331 Å². The molecular weight excluding hydrogens is 738 g/mol. The van der Waals surface area contributed by atoms with E-state index in [1.165, 1.54) is 88.6 Å². The maximum Gasteiger partial charge on any atom is 0.490 e. The Kier molecular flexibility index (Phi) is 11.6. The van der Waals surface area contributed by atoms with E-state index in [9.17, 15) is 22.8 Å². The van der Waals surface area contributed by atoms with Gasteiger partial charge in [-0.15, -0.1) is 11.3 Å². The van der Waals surface area contributed by atoms with E-state index in [4.69, 9.17) is 9.90 Å². The van der Waals surface area contributed by atoms with E-state index in [1.807, 2.05) is 11.4 Å². The molecule has 2 amide bonds. The van der Waals surface area contributed by atoms with Gasteiger partial charge in [-0.1, -0.05) is 48.5 Å². The van der Waals surface area contributed by atoms with Gasteiger partial charge in [-0.25, -0.2) is 4.79 Å². The summed E-state index contributed by atoms with van der Waals surface area (Å²) >= 11 is 1.40. The number of amides is 2. The molecule has 2 saturated heterocycles. The molecule has 9 rings (SSSR count). The number of benzene rings is 2. The van der Waals surface area contributed by atoms with Crippen LogP contribution in [0, 0.1) is 11.8 Å². The summed E-state index contributed by atoms with van der Waals surface area (Å²) in [5.41, 5.74) is 6.83. The number of halogens is 3. The van der Waals surface area contributed by atoms with Crippen LogP contribution in [0.15, 0.2) is 60.0 Å². The number of aliphatic carboxylic acids is 1. The standard InChI is InChI=1S/C42H52N4O2S.C2HF3O2/c47-41(43-29-13-9-27(10-14-29)21-24-45-36-17-18-37(45)32-6-2-1-5-31(32)36)35-23-26-49-40(35)42(48)44-30-15-11-28(12-16-30)22-25-46-38-19-20-39(46)34-8-4-3-7-33(34)38;3-2(4,5)1(6)7/h1-8,23,26-30,36-39H,9-22,24-25H2,(H,43,47)(H,44,48);(H,6,7)/t27?,28?,29?,30?,36-,37+,38-,39+;.